The lowest BCUT2D eigenvalue weighted by Gasteiger charge is -2.26. The molecule has 1 N–H and O–H groups in total. The molecule has 0 radical (unpaired) electrons. The van der Waals surface area contributed by atoms with Crippen LogP contribution < -0.4 is 5.32 Å². The number of aryl methyl sites for hydroxylation is 1. The van der Waals surface area contributed by atoms with E-state index in [1.807, 2.05) is 0 Å². The molecule has 0 unspecified atom stereocenters. The Morgan fingerprint density at radius 1 is 1.39 bits per heavy atom. The molecule has 0 aromatic heterocycles. The molecule has 1 atom stereocenters. The Morgan fingerprint density at radius 2 is 2.13 bits per heavy atom. The maximum atomic E-state index is 11.1. The van der Waals surface area contributed by atoms with Crippen LogP contribution in [0.4, 0.5) is 4.79 Å². The summed E-state index contributed by atoms with van der Waals surface area (Å²) >= 11 is 0. The minimum atomic E-state index is -0.404. The van der Waals surface area contributed by atoms with Crippen LogP contribution in [-0.4, -0.2) is 37.7 Å². The number of hydrogen-bond acceptors (Lipinski definition) is 3. The van der Waals surface area contributed by atoms with Gasteiger partial charge in [0.1, 0.15) is 0 Å². The molecule has 0 heterocycles. The lowest BCUT2D eigenvalue weighted by Crippen LogP contribution is -2.28. The van der Waals surface area contributed by atoms with E-state index in [9.17, 15) is 4.79 Å². The lowest BCUT2D eigenvalue weighted by molar-refractivity contribution is 0.171. The molecule has 0 bridgehead atoms. The number of carbonyl (C=O) groups excluding carboxylic acids is 1. The molecule has 0 saturated heterocycles. The highest BCUT2D eigenvalue weighted by Crippen LogP contribution is 2.36. The van der Waals surface area contributed by atoms with Crippen LogP contribution in [0.2, 0.25) is 0 Å². The highest BCUT2D eigenvalue weighted by molar-refractivity contribution is 5.66. The third-order valence-corrected chi connectivity index (χ3v) is 4.15. The van der Waals surface area contributed by atoms with E-state index in [1.165, 1.54) is 23.8 Å². The summed E-state index contributed by atoms with van der Waals surface area (Å²) in [5.41, 5.74) is 3.86. The average molecular weight is 310 g/mol. The fraction of sp³-hybridized carbons (Fsp3) is 0.421. The average Bonchev–Trinajstić information content (AvgIpc) is 2.97. The second kappa shape index (κ2) is 8.27. The van der Waals surface area contributed by atoms with Crippen molar-refractivity contribution >= 4 is 6.09 Å². The fourth-order valence-corrected chi connectivity index (χ4v) is 3.06. The van der Waals surface area contributed by atoms with Crippen molar-refractivity contribution < 1.29 is 9.53 Å². The number of carbonyl (C=O) groups is 1. The number of nitrogens with zero attached hydrogens (tertiary/aromatic N) is 1. The second-order valence-electron chi connectivity index (χ2n) is 5.57. The molecule has 1 amide bonds. The SMILES string of the molecule is C#CCN(CC#C)[C@@H]1CCc2ccc(CCNC(=O)OC)cc21. The Labute approximate surface area is 138 Å². The minimum Gasteiger partial charge on any atom is -0.453 e. The number of benzene rings is 1. The van der Waals surface area contributed by atoms with Crippen molar-refractivity contribution in [3.63, 3.8) is 0 Å². The van der Waals surface area contributed by atoms with Crippen molar-refractivity contribution in [3.05, 3.63) is 34.9 Å². The number of ether oxygens (including phenoxy) is 1. The van der Waals surface area contributed by atoms with Crippen molar-refractivity contribution in [2.24, 2.45) is 0 Å². The largest absolute Gasteiger partial charge is 0.453 e. The second-order valence-corrected chi connectivity index (χ2v) is 5.57. The molecule has 1 aromatic carbocycles. The molecule has 1 aliphatic rings. The number of terminal acetylenes is 2. The molecule has 120 valence electrons. The number of alkyl carbamates (subject to hydrolysis) is 1. The van der Waals surface area contributed by atoms with Crippen LogP contribution in [0.1, 0.15) is 29.2 Å². The monoisotopic (exact) mass is 310 g/mol. The first kappa shape index (κ1) is 16.9. The van der Waals surface area contributed by atoms with E-state index >= 15 is 0 Å². The molecule has 4 heteroatoms. The van der Waals surface area contributed by atoms with E-state index in [-0.39, 0.29) is 6.04 Å². The summed E-state index contributed by atoms with van der Waals surface area (Å²) in [4.78, 5) is 13.3. The molecule has 2 rings (SSSR count). The van der Waals surface area contributed by atoms with E-state index in [0.29, 0.717) is 19.6 Å². The van der Waals surface area contributed by atoms with Crippen molar-refractivity contribution in [3.8, 4) is 24.7 Å². The molecule has 0 spiro atoms. The van der Waals surface area contributed by atoms with Crippen molar-refractivity contribution in [2.75, 3.05) is 26.7 Å². The lowest BCUT2D eigenvalue weighted by atomic mass is 10.0. The van der Waals surface area contributed by atoms with E-state index in [0.717, 1.165) is 19.3 Å². The Morgan fingerprint density at radius 3 is 2.78 bits per heavy atom. The summed E-state index contributed by atoms with van der Waals surface area (Å²) in [6.07, 6.45) is 13.4. The summed E-state index contributed by atoms with van der Waals surface area (Å²) in [5, 5.41) is 2.70. The third-order valence-electron chi connectivity index (χ3n) is 4.15. The molecule has 23 heavy (non-hydrogen) atoms. The van der Waals surface area contributed by atoms with Gasteiger partial charge in [-0.3, -0.25) is 4.90 Å². The summed E-state index contributed by atoms with van der Waals surface area (Å²) in [6.45, 7) is 1.67. The van der Waals surface area contributed by atoms with Gasteiger partial charge in [-0.2, -0.15) is 0 Å². The number of fused-ring (bicyclic) bond motifs is 1. The van der Waals surface area contributed by atoms with E-state index in [2.05, 4.69) is 45.0 Å². The zero-order chi connectivity index (χ0) is 16.7. The molecule has 4 nitrogen and oxygen atoms in total. The third kappa shape index (κ3) is 4.28. The number of nitrogens with one attached hydrogen (secondary N) is 1. The zero-order valence-electron chi connectivity index (χ0n) is 13.5. The normalized spacial score (nSPS) is 15.6. The highest BCUT2D eigenvalue weighted by Gasteiger charge is 2.27. The van der Waals surface area contributed by atoms with Crippen LogP contribution in [-0.2, 0) is 17.6 Å². The van der Waals surface area contributed by atoms with Crippen LogP contribution in [0.5, 0.6) is 0 Å². The van der Waals surface area contributed by atoms with Gasteiger partial charge in [-0.25, -0.2) is 4.79 Å². The Balaban J connectivity index is 2.08. The predicted octanol–water partition coefficient (Wildman–Crippen LogP) is 2.14. The van der Waals surface area contributed by atoms with Gasteiger partial charge in [0.2, 0.25) is 0 Å². The first-order valence-electron chi connectivity index (χ1n) is 7.74. The van der Waals surface area contributed by atoms with Gasteiger partial charge in [-0.15, -0.1) is 12.8 Å². The van der Waals surface area contributed by atoms with Crippen LogP contribution in [0.25, 0.3) is 0 Å². The quantitative estimate of drug-likeness (QED) is 0.819. The molecule has 1 aromatic rings. The summed E-state index contributed by atoms with van der Waals surface area (Å²) in [5.74, 6) is 5.39. The Hall–Kier alpha value is -2.43. The topological polar surface area (TPSA) is 41.6 Å². The van der Waals surface area contributed by atoms with Gasteiger partial charge in [0.15, 0.2) is 0 Å². The minimum absolute atomic E-state index is 0.283. The van der Waals surface area contributed by atoms with Crippen LogP contribution in [0, 0.1) is 24.7 Å². The smallest absolute Gasteiger partial charge is 0.406 e. The predicted molar refractivity (Wildman–Crippen MR) is 90.9 cm³/mol. The maximum absolute atomic E-state index is 11.1. The van der Waals surface area contributed by atoms with Crippen LogP contribution in [0.15, 0.2) is 18.2 Å². The fourth-order valence-electron chi connectivity index (χ4n) is 3.06. The summed E-state index contributed by atoms with van der Waals surface area (Å²) < 4.78 is 4.57. The number of methoxy groups -OCH3 is 1. The van der Waals surface area contributed by atoms with Crippen LogP contribution in [0.3, 0.4) is 0 Å². The molecular weight excluding hydrogens is 288 g/mol. The van der Waals surface area contributed by atoms with Gasteiger partial charge in [0.25, 0.3) is 0 Å². The Bertz CT molecular complexity index is 624. The van der Waals surface area contributed by atoms with Gasteiger partial charge >= 0.3 is 6.09 Å². The molecule has 1 aliphatic carbocycles. The molecule has 0 saturated carbocycles. The Kier molecular flexibility index (Phi) is 6.09. The van der Waals surface area contributed by atoms with Gasteiger partial charge in [0.05, 0.1) is 20.2 Å². The van der Waals surface area contributed by atoms with Crippen LogP contribution >= 0.6 is 0 Å². The first-order valence-corrected chi connectivity index (χ1v) is 7.74. The number of rotatable bonds is 6. The van der Waals surface area contributed by atoms with Crippen molar-refractivity contribution in [2.45, 2.75) is 25.3 Å². The first-order chi connectivity index (χ1) is 11.2. The van der Waals surface area contributed by atoms with Crippen molar-refractivity contribution in [1.82, 2.24) is 10.2 Å². The van der Waals surface area contributed by atoms with Gasteiger partial charge in [0, 0.05) is 12.6 Å². The molecule has 0 aliphatic heterocycles. The van der Waals surface area contributed by atoms with E-state index in [1.54, 1.807) is 0 Å². The van der Waals surface area contributed by atoms with Gasteiger partial charge in [-0.1, -0.05) is 30.0 Å². The molecule has 0 fully saturated rings. The van der Waals surface area contributed by atoms with E-state index < -0.39 is 6.09 Å². The summed E-state index contributed by atoms with van der Waals surface area (Å²) in [6, 6.07) is 6.79. The highest BCUT2D eigenvalue weighted by atomic mass is 16.5. The van der Waals surface area contributed by atoms with E-state index in [4.69, 9.17) is 12.8 Å². The molecular formula is C19H22N2O2. The van der Waals surface area contributed by atoms with Crippen molar-refractivity contribution in [1.29, 1.82) is 0 Å². The summed E-state index contributed by atoms with van der Waals surface area (Å²) in [7, 11) is 1.36. The number of amides is 1. The maximum Gasteiger partial charge on any atom is 0.406 e. The zero-order valence-corrected chi connectivity index (χ0v) is 13.5. The van der Waals surface area contributed by atoms with Gasteiger partial charge < -0.3 is 10.1 Å². The number of hydrogen-bond donors (Lipinski definition) is 1. The standard InChI is InChI=1S/C19H22N2O2/c1-4-12-21(13-5-2)18-9-8-16-7-6-15(14-17(16)18)10-11-20-19(22)23-3/h1-2,6-7,14,18H,8-13H2,3H3,(H,20,22)/t18-/m1/s1. The van der Waals surface area contributed by atoms with Gasteiger partial charge in [-0.05, 0) is 36.0 Å².